The van der Waals surface area contributed by atoms with Gasteiger partial charge in [-0.15, -0.1) is 6.42 Å². The maximum atomic E-state index is 10.6. The van der Waals surface area contributed by atoms with Gasteiger partial charge >= 0.3 is 5.97 Å². The third-order valence-electron chi connectivity index (χ3n) is 2.66. The van der Waals surface area contributed by atoms with E-state index in [4.69, 9.17) is 16.3 Å². The van der Waals surface area contributed by atoms with Gasteiger partial charge in [-0.2, -0.15) is 0 Å². The standard InChI is InChI=1S/C16H21NO3/c1-4-10-17(11-9-16(18)19)14-5-7-15(8-6-14)20-12-13(2)3/h1,5-8,13H,9-12H2,2-3H3,(H,18,19). The van der Waals surface area contributed by atoms with E-state index < -0.39 is 5.97 Å². The van der Waals surface area contributed by atoms with Crippen molar-refractivity contribution >= 4 is 11.7 Å². The van der Waals surface area contributed by atoms with E-state index >= 15 is 0 Å². The highest BCUT2D eigenvalue weighted by atomic mass is 16.5. The topological polar surface area (TPSA) is 49.8 Å². The molecule has 0 radical (unpaired) electrons. The molecule has 108 valence electrons. The molecule has 1 N–H and O–H groups in total. The first kappa shape index (κ1) is 15.9. The Bertz CT molecular complexity index is 460. The summed E-state index contributed by atoms with van der Waals surface area (Å²) in [5, 5.41) is 8.75. The largest absolute Gasteiger partial charge is 0.493 e. The van der Waals surface area contributed by atoms with Crippen LogP contribution in [0.4, 0.5) is 5.69 Å². The van der Waals surface area contributed by atoms with Crippen molar-refractivity contribution in [2.45, 2.75) is 20.3 Å². The average Bonchev–Trinajstić information content (AvgIpc) is 2.41. The lowest BCUT2D eigenvalue weighted by molar-refractivity contribution is -0.136. The molecule has 0 saturated heterocycles. The van der Waals surface area contributed by atoms with Crippen molar-refractivity contribution in [2.24, 2.45) is 5.92 Å². The van der Waals surface area contributed by atoms with Gasteiger partial charge in [-0.3, -0.25) is 4.79 Å². The van der Waals surface area contributed by atoms with Crippen molar-refractivity contribution in [3.05, 3.63) is 24.3 Å². The summed E-state index contributed by atoms with van der Waals surface area (Å²) in [5.41, 5.74) is 0.904. The summed E-state index contributed by atoms with van der Waals surface area (Å²) in [7, 11) is 0. The number of benzene rings is 1. The minimum absolute atomic E-state index is 0.0628. The number of rotatable bonds is 8. The fourth-order valence-electron chi connectivity index (χ4n) is 1.66. The summed E-state index contributed by atoms with van der Waals surface area (Å²) < 4.78 is 5.61. The Morgan fingerprint density at radius 1 is 1.40 bits per heavy atom. The molecule has 0 aromatic heterocycles. The van der Waals surface area contributed by atoms with E-state index in [1.165, 1.54) is 0 Å². The van der Waals surface area contributed by atoms with Crippen molar-refractivity contribution in [3.8, 4) is 18.1 Å². The van der Waals surface area contributed by atoms with Crippen molar-refractivity contribution in [2.75, 3.05) is 24.6 Å². The minimum atomic E-state index is -0.830. The number of aliphatic carboxylic acids is 1. The number of carbonyl (C=O) groups is 1. The Hall–Kier alpha value is -2.15. The third-order valence-corrected chi connectivity index (χ3v) is 2.66. The number of terminal acetylenes is 1. The van der Waals surface area contributed by atoms with Crippen LogP contribution in [0.2, 0.25) is 0 Å². The van der Waals surface area contributed by atoms with Gasteiger partial charge in [0.2, 0.25) is 0 Å². The van der Waals surface area contributed by atoms with Crippen LogP contribution in [0.25, 0.3) is 0 Å². The molecule has 0 saturated carbocycles. The molecule has 4 nitrogen and oxygen atoms in total. The van der Waals surface area contributed by atoms with Gasteiger partial charge in [0.25, 0.3) is 0 Å². The maximum Gasteiger partial charge on any atom is 0.305 e. The molecule has 0 unspecified atom stereocenters. The van der Waals surface area contributed by atoms with Gasteiger partial charge in [-0.1, -0.05) is 19.8 Å². The van der Waals surface area contributed by atoms with Crippen LogP contribution in [0.15, 0.2) is 24.3 Å². The first-order valence-corrected chi connectivity index (χ1v) is 6.66. The van der Waals surface area contributed by atoms with Crippen LogP contribution >= 0.6 is 0 Å². The molecule has 0 atom stereocenters. The van der Waals surface area contributed by atoms with Gasteiger partial charge < -0.3 is 14.7 Å². The van der Waals surface area contributed by atoms with Gasteiger partial charge in [0.15, 0.2) is 0 Å². The van der Waals surface area contributed by atoms with Gasteiger partial charge in [-0.25, -0.2) is 0 Å². The molecular weight excluding hydrogens is 254 g/mol. The lowest BCUT2D eigenvalue weighted by atomic mass is 10.2. The number of ether oxygens (including phenoxy) is 1. The molecule has 0 fully saturated rings. The lowest BCUT2D eigenvalue weighted by Crippen LogP contribution is -2.26. The maximum absolute atomic E-state index is 10.6. The molecule has 1 aromatic carbocycles. The molecule has 0 aliphatic rings. The minimum Gasteiger partial charge on any atom is -0.493 e. The Balaban J connectivity index is 2.67. The number of carboxylic acid groups (broad SMARTS) is 1. The highest BCUT2D eigenvalue weighted by Gasteiger charge is 2.08. The monoisotopic (exact) mass is 275 g/mol. The highest BCUT2D eigenvalue weighted by Crippen LogP contribution is 2.20. The van der Waals surface area contributed by atoms with Crippen molar-refractivity contribution in [1.82, 2.24) is 0 Å². The zero-order valence-corrected chi connectivity index (χ0v) is 12.0. The van der Waals surface area contributed by atoms with Crippen LogP contribution in [0, 0.1) is 18.3 Å². The van der Waals surface area contributed by atoms with Crippen molar-refractivity contribution < 1.29 is 14.6 Å². The Kier molecular flexibility index (Phi) is 6.45. The van der Waals surface area contributed by atoms with Crippen molar-refractivity contribution in [1.29, 1.82) is 0 Å². The highest BCUT2D eigenvalue weighted by molar-refractivity contribution is 5.67. The first-order valence-electron chi connectivity index (χ1n) is 6.66. The van der Waals surface area contributed by atoms with Gasteiger partial charge in [-0.05, 0) is 30.2 Å². The fourth-order valence-corrected chi connectivity index (χ4v) is 1.66. The number of hydrogen-bond acceptors (Lipinski definition) is 3. The first-order chi connectivity index (χ1) is 9.52. The Morgan fingerprint density at radius 2 is 2.05 bits per heavy atom. The molecule has 0 aliphatic carbocycles. The van der Waals surface area contributed by atoms with Gasteiger partial charge in [0, 0.05) is 12.2 Å². The lowest BCUT2D eigenvalue weighted by Gasteiger charge is -2.22. The average molecular weight is 275 g/mol. The van der Waals surface area contributed by atoms with E-state index in [2.05, 4.69) is 19.8 Å². The summed E-state index contributed by atoms with van der Waals surface area (Å²) in [6.07, 6.45) is 5.38. The van der Waals surface area contributed by atoms with Gasteiger partial charge in [0.05, 0.1) is 19.6 Å². The quantitative estimate of drug-likeness (QED) is 0.741. The SMILES string of the molecule is C#CCN(CCC(=O)O)c1ccc(OCC(C)C)cc1. The Morgan fingerprint density at radius 3 is 2.55 bits per heavy atom. The molecule has 4 heteroatoms. The second-order valence-corrected chi connectivity index (χ2v) is 4.97. The zero-order valence-electron chi connectivity index (χ0n) is 12.0. The van der Waals surface area contributed by atoms with Crippen LogP contribution in [0.1, 0.15) is 20.3 Å². The van der Waals surface area contributed by atoms with Crippen LogP contribution in [-0.2, 0) is 4.79 Å². The molecule has 0 bridgehead atoms. The summed E-state index contributed by atoms with van der Waals surface area (Å²) in [6.45, 7) is 5.64. The van der Waals surface area contributed by atoms with E-state index in [0.717, 1.165) is 11.4 Å². The summed E-state index contributed by atoms with van der Waals surface area (Å²) in [4.78, 5) is 12.5. The van der Waals surface area contributed by atoms with Crippen LogP contribution < -0.4 is 9.64 Å². The predicted molar refractivity (Wildman–Crippen MR) is 80.1 cm³/mol. The molecule has 20 heavy (non-hydrogen) atoms. The number of carboxylic acids is 1. The van der Waals surface area contributed by atoms with E-state index in [1.54, 1.807) is 0 Å². The smallest absolute Gasteiger partial charge is 0.305 e. The van der Waals surface area contributed by atoms with Gasteiger partial charge in [0.1, 0.15) is 5.75 Å². The molecule has 1 aromatic rings. The van der Waals surface area contributed by atoms with Crippen LogP contribution in [0.3, 0.4) is 0 Å². The normalized spacial score (nSPS) is 10.1. The number of hydrogen-bond donors (Lipinski definition) is 1. The fraction of sp³-hybridized carbons (Fsp3) is 0.438. The molecule has 1 rings (SSSR count). The van der Waals surface area contributed by atoms with E-state index in [9.17, 15) is 4.79 Å². The molecule has 0 spiro atoms. The summed E-state index contributed by atoms with van der Waals surface area (Å²) in [5.74, 6) is 3.00. The molecule has 0 amide bonds. The third kappa shape index (κ3) is 5.66. The number of anilines is 1. The van der Waals surface area contributed by atoms with Crippen LogP contribution in [0.5, 0.6) is 5.75 Å². The van der Waals surface area contributed by atoms with Crippen LogP contribution in [-0.4, -0.2) is 30.8 Å². The van der Waals surface area contributed by atoms with E-state index in [0.29, 0.717) is 25.6 Å². The second kappa shape index (κ2) is 8.11. The Labute approximate surface area is 120 Å². The van der Waals surface area contributed by atoms with E-state index in [-0.39, 0.29) is 6.42 Å². The second-order valence-electron chi connectivity index (χ2n) is 4.97. The van der Waals surface area contributed by atoms with Crippen molar-refractivity contribution in [3.63, 3.8) is 0 Å². The predicted octanol–water partition coefficient (Wildman–Crippen LogP) is 2.64. The zero-order chi connectivity index (χ0) is 15.0. The molecule has 0 heterocycles. The number of nitrogens with zero attached hydrogens (tertiary/aromatic N) is 1. The summed E-state index contributed by atoms with van der Waals surface area (Å²) >= 11 is 0. The molecule has 0 aliphatic heterocycles. The van der Waals surface area contributed by atoms with E-state index in [1.807, 2.05) is 29.2 Å². The molecular formula is C16H21NO3. The summed E-state index contributed by atoms with van der Waals surface area (Å²) in [6, 6.07) is 7.55.